The van der Waals surface area contributed by atoms with E-state index in [1.807, 2.05) is 0 Å². The van der Waals surface area contributed by atoms with Gasteiger partial charge in [-0.05, 0) is 71.4 Å². The van der Waals surface area contributed by atoms with Crippen molar-refractivity contribution in [1.82, 2.24) is 4.98 Å². The average Bonchev–Trinajstić information content (AvgIpc) is 3.04. The fourth-order valence-electron chi connectivity index (χ4n) is 6.41. The summed E-state index contributed by atoms with van der Waals surface area (Å²) >= 11 is 3.94. The second kappa shape index (κ2) is 10.6. The number of halogens is 1. The summed E-state index contributed by atoms with van der Waals surface area (Å²) in [4.78, 5) is 5.42. The van der Waals surface area contributed by atoms with Crippen LogP contribution in [0.5, 0.6) is 0 Å². The van der Waals surface area contributed by atoms with Crippen LogP contribution in [0.3, 0.4) is 0 Å². The molecule has 0 radical (unpaired) electrons. The largest absolute Gasteiger partial charge is 0.246 e. The Morgan fingerprint density at radius 1 is 0.595 bits per heavy atom. The van der Waals surface area contributed by atoms with Gasteiger partial charge in [0.25, 0.3) is 0 Å². The van der Waals surface area contributed by atoms with Crippen molar-refractivity contribution in [2.75, 3.05) is 0 Å². The van der Waals surface area contributed by atoms with Gasteiger partial charge in [0.15, 0.2) is 0 Å². The Kier molecular flexibility index (Phi) is 6.48. The van der Waals surface area contributed by atoms with Crippen LogP contribution < -0.4 is 15.9 Å². The third-order valence-corrected chi connectivity index (χ3v) is 11.2. The van der Waals surface area contributed by atoms with E-state index in [1.165, 1.54) is 59.7 Å². The van der Waals surface area contributed by atoms with Crippen molar-refractivity contribution in [2.45, 2.75) is 12.8 Å². The fourth-order valence-corrected chi connectivity index (χ4v) is 9.45. The molecule has 8 rings (SSSR count). The molecule has 0 spiro atoms. The highest BCUT2D eigenvalue weighted by Crippen LogP contribution is 2.42. The molecule has 0 N–H and O–H groups in total. The molecule has 0 atom stereocenters. The quantitative estimate of drug-likeness (QED) is 0.109. The highest BCUT2D eigenvalue weighted by atomic mass is 79.9. The van der Waals surface area contributed by atoms with E-state index in [9.17, 15) is 0 Å². The highest BCUT2D eigenvalue weighted by Gasteiger charge is 2.21. The molecule has 1 aliphatic carbocycles. The SMILES string of the molecule is Brc1cc(-c2c3ccc4c(c3nc3c2ccc2ccccc23)C=CCC4)cc(P(c2ccccc2)c2ccccc2)c1. The highest BCUT2D eigenvalue weighted by molar-refractivity contribution is 9.10. The lowest BCUT2D eigenvalue weighted by Gasteiger charge is -2.22. The number of fused-ring (bicyclic) bond motifs is 6. The number of hydrogen-bond acceptors (Lipinski definition) is 1. The number of pyridine rings is 1. The lowest BCUT2D eigenvalue weighted by molar-refractivity contribution is 0.988. The number of aromatic nitrogens is 1. The molecule has 3 heteroatoms. The molecular formula is C39H27BrNP. The van der Waals surface area contributed by atoms with Gasteiger partial charge in [0.05, 0.1) is 11.0 Å². The van der Waals surface area contributed by atoms with Gasteiger partial charge in [-0.1, -0.05) is 137 Å². The first kappa shape index (κ1) is 25.6. The normalized spacial score (nSPS) is 12.8. The minimum Gasteiger partial charge on any atom is -0.246 e. The van der Waals surface area contributed by atoms with Crippen molar-refractivity contribution in [3.63, 3.8) is 0 Å². The van der Waals surface area contributed by atoms with Crippen molar-refractivity contribution >= 4 is 78.4 Å². The maximum absolute atomic E-state index is 5.42. The smallest absolute Gasteiger partial charge is 0.0794 e. The van der Waals surface area contributed by atoms with E-state index < -0.39 is 7.92 Å². The first-order valence-corrected chi connectivity index (χ1v) is 16.5. The van der Waals surface area contributed by atoms with Gasteiger partial charge < -0.3 is 0 Å². The number of rotatable bonds is 4. The molecule has 0 amide bonds. The van der Waals surface area contributed by atoms with Gasteiger partial charge in [0.1, 0.15) is 0 Å². The molecule has 0 saturated heterocycles. The van der Waals surface area contributed by atoms with E-state index in [0.717, 1.165) is 28.3 Å². The van der Waals surface area contributed by atoms with Crippen molar-refractivity contribution in [3.8, 4) is 11.1 Å². The van der Waals surface area contributed by atoms with Crippen molar-refractivity contribution in [3.05, 3.63) is 149 Å². The lowest BCUT2D eigenvalue weighted by atomic mass is 9.89. The first-order valence-electron chi connectivity index (χ1n) is 14.4. The zero-order chi connectivity index (χ0) is 28.0. The van der Waals surface area contributed by atoms with Crippen LogP contribution in [0, 0.1) is 0 Å². The second-order valence-corrected chi connectivity index (χ2v) is 14.0. The molecule has 0 aliphatic heterocycles. The van der Waals surface area contributed by atoms with Crippen LogP contribution >= 0.6 is 23.9 Å². The topological polar surface area (TPSA) is 12.9 Å². The van der Waals surface area contributed by atoms with Crippen LogP contribution in [-0.4, -0.2) is 4.98 Å². The minimum absolute atomic E-state index is 0.748. The van der Waals surface area contributed by atoms with Gasteiger partial charge in [0.2, 0.25) is 0 Å². The fraction of sp³-hybridized carbons (Fsp3) is 0.0513. The Morgan fingerprint density at radius 2 is 1.29 bits per heavy atom. The van der Waals surface area contributed by atoms with Gasteiger partial charge in [-0.3, -0.25) is 0 Å². The predicted molar refractivity (Wildman–Crippen MR) is 186 cm³/mol. The van der Waals surface area contributed by atoms with Crippen LogP contribution in [0.25, 0.3) is 49.8 Å². The van der Waals surface area contributed by atoms with E-state index in [0.29, 0.717) is 0 Å². The minimum atomic E-state index is -0.748. The summed E-state index contributed by atoms with van der Waals surface area (Å²) in [5.41, 5.74) is 7.28. The van der Waals surface area contributed by atoms with E-state index >= 15 is 0 Å². The molecule has 200 valence electrons. The van der Waals surface area contributed by atoms with Gasteiger partial charge >= 0.3 is 0 Å². The molecule has 0 unspecified atom stereocenters. The second-order valence-electron chi connectivity index (χ2n) is 10.8. The number of hydrogen-bond donors (Lipinski definition) is 0. The van der Waals surface area contributed by atoms with Crippen molar-refractivity contribution in [2.24, 2.45) is 0 Å². The molecule has 7 aromatic rings. The van der Waals surface area contributed by atoms with E-state index in [2.05, 4.69) is 155 Å². The Labute approximate surface area is 255 Å². The summed E-state index contributed by atoms with van der Waals surface area (Å²) < 4.78 is 1.09. The molecule has 1 heterocycles. The molecule has 1 nitrogen and oxygen atoms in total. The van der Waals surface area contributed by atoms with Crippen molar-refractivity contribution < 1.29 is 0 Å². The first-order chi connectivity index (χ1) is 20.7. The molecule has 0 saturated carbocycles. The lowest BCUT2D eigenvalue weighted by Crippen LogP contribution is -2.20. The summed E-state index contributed by atoms with van der Waals surface area (Å²) in [6.45, 7) is 0. The maximum Gasteiger partial charge on any atom is 0.0794 e. The van der Waals surface area contributed by atoms with Gasteiger partial charge in [-0.25, -0.2) is 4.98 Å². The Balaban J connectivity index is 1.46. The van der Waals surface area contributed by atoms with Crippen LogP contribution in [0.2, 0.25) is 0 Å². The monoisotopic (exact) mass is 619 g/mol. The number of allylic oxidation sites excluding steroid dienone is 1. The molecule has 1 aromatic heterocycles. The molecule has 1 aliphatic rings. The molecular weight excluding hydrogens is 593 g/mol. The average molecular weight is 621 g/mol. The standard InChI is InChI=1S/C39H27BrNP/c40-29-23-28(24-32(25-29)42(30-13-3-1-4-14-30)31-15-5-2-6-16-31)37-35-21-19-26-11-7-9-17-33(26)38(35)41-39-34-18-10-8-12-27(34)20-22-36(37)39/h1-7,9-11,13-25H,8,12H2. The number of aryl methyl sites for hydroxylation is 1. The Hall–Kier alpha value is -4.10. The van der Waals surface area contributed by atoms with Crippen LogP contribution in [-0.2, 0) is 6.42 Å². The summed E-state index contributed by atoms with van der Waals surface area (Å²) in [7, 11) is -0.748. The van der Waals surface area contributed by atoms with Gasteiger partial charge in [-0.15, -0.1) is 0 Å². The number of benzene rings is 6. The summed E-state index contributed by atoms with van der Waals surface area (Å²) in [6, 6.07) is 46.6. The van der Waals surface area contributed by atoms with Crippen LogP contribution in [0.15, 0.2) is 138 Å². The summed E-state index contributed by atoms with van der Waals surface area (Å²) in [5, 5.41) is 8.82. The molecule has 0 fully saturated rings. The summed E-state index contributed by atoms with van der Waals surface area (Å²) in [5.74, 6) is 0. The predicted octanol–water partition coefficient (Wildman–Crippen LogP) is 9.69. The van der Waals surface area contributed by atoms with Crippen molar-refractivity contribution in [1.29, 1.82) is 0 Å². The maximum atomic E-state index is 5.42. The number of nitrogens with zero attached hydrogens (tertiary/aromatic N) is 1. The third-order valence-electron chi connectivity index (χ3n) is 8.29. The molecule has 0 bridgehead atoms. The molecule has 6 aromatic carbocycles. The Bertz CT molecular complexity index is 2110. The van der Waals surface area contributed by atoms with Crippen LogP contribution in [0.1, 0.15) is 17.5 Å². The van der Waals surface area contributed by atoms with E-state index in [-0.39, 0.29) is 0 Å². The summed E-state index contributed by atoms with van der Waals surface area (Å²) in [6.07, 6.45) is 6.72. The van der Waals surface area contributed by atoms with E-state index in [4.69, 9.17) is 4.98 Å². The zero-order valence-electron chi connectivity index (χ0n) is 23.0. The Morgan fingerprint density at radius 3 is 2.07 bits per heavy atom. The van der Waals surface area contributed by atoms with E-state index in [1.54, 1.807) is 0 Å². The molecule has 42 heavy (non-hydrogen) atoms. The van der Waals surface area contributed by atoms with Gasteiger partial charge in [-0.2, -0.15) is 0 Å². The zero-order valence-corrected chi connectivity index (χ0v) is 25.4. The van der Waals surface area contributed by atoms with Gasteiger partial charge in [0, 0.05) is 31.8 Å². The van der Waals surface area contributed by atoms with Crippen LogP contribution in [0.4, 0.5) is 0 Å². The third kappa shape index (κ3) is 4.38.